The molecule has 0 bridgehead atoms. The van der Waals surface area contributed by atoms with E-state index in [9.17, 15) is 18.7 Å². The van der Waals surface area contributed by atoms with E-state index in [0.29, 0.717) is 23.9 Å². The second-order valence-corrected chi connectivity index (χ2v) is 7.55. The predicted molar refractivity (Wildman–Crippen MR) is 106 cm³/mol. The number of aromatic nitrogens is 2. The van der Waals surface area contributed by atoms with Crippen LogP contribution in [0.25, 0.3) is 10.9 Å². The Morgan fingerprint density at radius 1 is 1.24 bits per heavy atom. The van der Waals surface area contributed by atoms with Crippen molar-refractivity contribution in [3.05, 3.63) is 58.7 Å². The van der Waals surface area contributed by atoms with Crippen LogP contribution in [0, 0.1) is 11.6 Å². The number of H-pyrrole nitrogens is 1. The zero-order valence-corrected chi connectivity index (χ0v) is 16.1. The van der Waals surface area contributed by atoms with Gasteiger partial charge in [-0.1, -0.05) is 18.0 Å². The fraction of sp³-hybridized carbons (Fsp3) is 0.300. The number of amides is 1. The maximum Gasteiger partial charge on any atom is 0.412 e. The molecule has 1 fully saturated rings. The largest absolute Gasteiger partial charge is 0.465 e. The van der Waals surface area contributed by atoms with Gasteiger partial charge in [-0.15, -0.1) is 0 Å². The summed E-state index contributed by atoms with van der Waals surface area (Å²) in [5.74, 6) is -1.18. The molecular formula is C20H19ClF2N4O2. The number of benzene rings is 2. The van der Waals surface area contributed by atoms with Crippen LogP contribution in [0.4, 0.5) is 19.3 Å². The van der Waals surface area contributed by atoms with Crippen LogP contribution in [-0.2, 0) is 0 Å². The predicted octanol–water partition coefficient (Wildman–Crippen LogP) is 4.86. The van der Waals surface area contributed by atoms with Crippen molar-refractivity contribution in [1.82, 2.24) is 15.5 Å². The molecule has 0 saturated carbocycles. The fourth-order valence-corrected chi connectivity index (χ4v) is 4.21. The zero-order chi connectivity index (χ0) is 20.5. The number of nitrogens with zero attached hydrogens (tertiary/aromatic N) is 2. The summed E-state index contributed by atoms with van der Waals surface area (Å²) in [5.41, 5.74) is 0.742. The second kappa shape index (κ2) is 7.96. The summed E-state index contributed by atoms with van der Waals surface area (Å²) >= 11 is 6.05. The molecule has 9 heteroatoms. The lowest BCUT2D eigenvalue weighted by Crippen LogP contribution is -2.48. The SMILES string of the molecule is O=C(O)N(c1cc(F)c2[nH]ncc2c1)[C@@H](c1cc(F)cc(Cl)c1)[C@@H]1CCCCN1. The van der Waals surface area contributed by atoms with Gasteiger partial charge in [0.15, 0.2) is 5.82 Å². The average Bonchev–Trinajstić information content (AvgIpc) is 3.14. The summed E-state index contributed by atoms with van der Waals surface area (Å²) in [4.78, 5) is 13.4. The van der Waals surface area contributed by atoms with Gasteiger partial charge in [-0.25, -0.2) is 13.6 Å². The third kappa shape index (κ3) is 3.90. The van der Waals surface area contributed by atoms with Gasteiger partial charge in [-0.05, 0) is 49.2 Å². The quantitative estimate of drug-likeness (QED) is 0.563. The molecule has 1 aliphatic rings. The third-order valence-electron chi connectivity index (χ3n) is 5.20. The number of hydrogen-bond acceptors (Lipinski definition) is 3. The number of halogens is 3. The van der Waals surface area contributed by atoms with Crippen molar-refractivity contribution in [3.8, 4) is 0 Å². The molecule has 152 valence electrons. The van der Waals surface area contributed by atoms with Crippen LogP contribution in [-0.4, -0.2) is 34.0 Å². The molecule has 3 aromatic rings. The van der Waals surface area contributed by atoms with Gasteiger partial charge < -0.3 is 10.4 Å². The van der Waals surface area contributed by atoms with E-state index >= 15 is 0 Å². The Balaban J connectivity index is 1.87. The summed E-state index contributed by atoms with van der Waals surface area (Å²) in [6.45, 7) is 0.715. The number of nitrogens with one attached hydrogen (secondary N) is 2. The summed E-state index contributed by atoms with van der Waals surface area (Å²) in [7, 11) is 0. The minimum Gasteiger partial charge on any atom is -0.465 e. The molecule has 6 nitrogen and oxygen atoms in total. The lowest BCUT2D eigenvalue weighted by atomic mass is 9.91. The lowest BCUT2D eigenvalue weighted by Gasteiger charge is -2.38. The van der Waals surface area contributed by atoms with Crippen LogP contribution in [0.1, 0.15) is 30.9 Å². The highest BCUT2D eigenvalue weighted by Crippen LogP contribution is 2.36. The van der Waals surface area contributed by atoms with Crippen LogP contribution >= 0.6 is 11.6 Å². The molecule has 3 N–H and O–H groups in total. The number of hydrogen-bond donors (Lipinski definition) is 3. The second-order valence-electron chi connectivity index (χ2n) is 7.12. The first-order valence-electron chi connectivity index (χ1n) is 9.28. The molecule has 0 radical (unpaired) electrons. The van der Waals surface area contributed by atoms with E-state index in [2.05, 4.69) is 15.5 Å². The molecule has 1 amide bonds. The van der Waals surface area contributed by atoms with Gasteiger partial charge >= 0.3 is 6.09 Å². The van der Waals surface area contributed by atoms with Crippen LogP contribution in [0.5, 0.6) is 0 Å². The lowest BCUT2D eigenvalue weighted by molar-refractivity contribution is 0.195. The van der Waals surface area contributed by atoms with Gasteiger partial charge in [0.1, 0.15) is 11.3 Å². The number of anilines is 1. The van der Waals surface area contributed by atoms with Crippen molar-refractivity contribution in [1.29, 1.82) is 0 Å². The summed E-state index contributed by atoms with van der Waals surface area (Å²) in [5, 5.41) is 20.4. The van der Waals surface area contributed by atoms with Crippen LogP contribution in [0.3, 0.4) is 0 Å². The number of carbonyl (C=O) groups is 1. The van der Waals surface area contributed by atoms with Crippen molar-refractivity contribution in [2.45, 2.75) is 31.3 Å². The minimum absolute atomic E-state index is 0.140. The molecule has 1 saturated heterocycles. The number of piperidine rings is 1. The van der Waals surface area contributed by atoms with Crippen molar-refractivity contribution in [2.24, 2.45) is 0 Å². The molecule has 0 aliphatic carbocycles. The Bertz CT molecular complexity index is 1030. The first-order valence-corrected chi connectivity index (χ1v) is 9.66. The van der Waals surface area contributed by atoms with E-state index in [1.165, 1.54) is 18.3 Å². The molecule has 0 unspecified atom stereocenters. The molecule has 2 heterocycles. The Hall–Kier alpha value is -2.71. The number of rotatable bonds is 4. The van der Waals surface area contributed by atoms with Gasteiger partial charge in [0.05, 0.1) is 17.9 Å². The highest BCUT2D eigenvalue weighted by molar-refractivity contribution is 6.30. The third-order valence-corrected chi connectivity index (χ3v) is 5.42. The molecule has 29 heavy (non-hydrogen) atoms. The van der Waals surface area contributed by atoms with E-state index in [4.69, 9.17) is 11.6 Å². The molecule has 2 atom stereocenters. The van der Waals surface area contributed by atoms with Gasteiger partial charge in [-0.2, -0.15) is 5.10 Å². The van der Waals surface area contributed by atoms with Crippen molar-refractivity contribution in [3.63, 3.8) is 0 Å². The number of aromatic amines is 1. The molecule has 4 rings (SSSR count). The maximum absolute atomic E-state index is 14.6. The number of fused-ring (bicyclic) bond motifs is 1. The van der Waals surface area contributed by atoms with E-state index in [0.717, 1.165) is 23.8 Å². The Morgan fingerprint density at radius 3 is 2.76 bits per heavy atom. The molecular weight excluding hydrogens is 402 g/mol. The number of carboxylic acid groups (broad SMARTS) is 1. The highest BCUT2D eigenvalue weighted by atomic mass is 35.5. The van der Waals surface area contributed by atoms with E-state index in [-0.39, 0.29) is 22.3 Å². The Morgan fingerprint density at radius 2 is 2.07 bits per heavy atom. The molecule has 0 spiro atoms. The van der Waals surface area contributed by atoms with Gasteiger partial charge in [0.25, 0.3) is 0 Å². The monoisotopic (exact) mass is 420 g/mol. The zero-order valence-electron chi connectivity index (χ0n) is 15.3. The van der Waals surface area contributed by atoms with Gasteiger partial charge in [-0.3, -0.25) is 10.00 Å². The summed E-state index contributed by atoms with van der Waals surface area (Å²) in [6.07, 6.45) is 2.72. The van der Waals surface area contributed by atoms with E-state index < -0.39 is 23.8 Å². The van der Waals surface area contributed by atoms with Crippen LogP contribution < -0.4 is 10.2 Å². The van der Waals surface area contributed by atoms with Crippen LogP contribution in [0.2, 0.25) is 5.02 Å². The van der Waals surface area contributed by atoms with Crippen molar-refractivity contribution < 1.29 is 18.7 Å². The fourth-order valence-electron chi connectivity index (χ4n) is 3.98. The smallest absolute Gasteiger partial charge is 0.412 e. The molecule has 1 aromatic heterocycles. The molecule has 2 aromatic carbocycles. The highest BCUT2D eigenvalue weighted by Gasteiger charge is 2.35. The standard InChI is InChI=1S/C20H19ClF2N4O2/c21-13-5-11(6-14(22)8-13)19(17-3-1-2-4-24-17)27(20(28)29)15-7-12-10-25-26-18(12)16(23)9-15/h5-10,17,19,24H,1-4H2,(H,25,26)(H,28,29)/t17-,19-/m0/s1. The van der Waals surface area contributed by atoms with Gasteiger partial charge in [0.2, 0.25) is 0 Å². The average molecular weight is 421 g/mol. The minimum atomic E-state index is -1.27. The Labute approximate surface area is 170 Å². The molecule has 1 aliphatic heterocycles. The van der Waals surface area contributed by atoms with Crippen LogP contribution in [0.15, 0.2) is 36.5 Å². The maximum atomic E-state index is 14.6. The van der Waals surface area contributed by atoms with E-state index in [1.54, 1.807) is 12.1 Å². The first-order chi connectivity index (χ1) is 13.9. The summed E-state index contributed by atoms with van der Waals surface area (Å²) in [6, 6.07) is 5.62. The van der Waals surface area contributed by atoms with E-state index in [1.807, 2.05) is 0 Å². The summed E-state index contributed by atoms with van der Waals surface area (Å²) < 4.78 is 28.7. The first kappa shape index (κ1) is 19.6. The Kier molecular flexibility index (Phi) is 5.38. The normalized spacial score (nSPS) is 18.0. The topological polar surface area (TPSA) is 81.2 Å². The van der Waals surface area contributed by atoms with Crippen molar-refractivity contribution in [2.75, 3.05) is 11.4 Å². The van der Waals surface area contributed by atoms with Crippen molar-refractivity contribution >= 4 is 34.3 Å². The van der Waals surface area contributed by atoms with Gasteiger partial charge in [0, 0.05) is 22.5 Å².